The summed E-state index contributed by atoms with van der Waals surface area (Å²) in [6, 6.07) is 5.91. The van der Waals surface area contributed by atoms with Gasteiger partial charge in [0.25, 0.3) is 0 Å². The van der Waals surface area contributed by atoms with Gasteiger partial charge >= 0.3 is 0 Å². The van der Waals surface area contributed by atoms with Crippen molar-refractivity contribution >= 4 is 11.6 Å². The molecular formula is C12H15ClFNO. The standard InChI is InChI=1S/C12H15ClFNO/c1-9(13)7-15(2)12(8-16)10-4-3-5-11(14)6-10/h3-6,12,16H,1,7-8H2,2H3/t12-/m1/s1. The van der Waals surface area contributed by atoms with Crippen molar-refractivity contribution < 1.29 is 9.50 Å². The molecule has 16 heavy (non-hydrogen) atoms. The number of hydrogen-bond acceptors (Lipinski definition) is 2. The zero-order chi connectivity index (χ0) is 12.1. The summed E-state index contributed by atoms with van der Waals surface area (Å²) in [7, 11) is 1.80. The lowest BCUT2D eigenvalue weighted by Crippen LogP contribution is -2.28. The second kappa shape index (κ2) is 5.99. The van der Waals surface area contributed by atoms with Crippen LogP contribution < -0.4 is 0 Å². The van der Waals surface area contributed by atoms with E-state index < -0.39 is 0 Å². The lowest BCUT2D eigenvalue weighted by Gasteiger charge is -2.26. The second-order valence-electron chi connectivity index (χ2n) is 3.69. The maximum atomic E-state index is 13.0. The third-order valence-electron chi connectivity index (χ3n) is 2.36. The highest BCUT2D eigenvalue weighted by molar-refractivity contribution is 6.29. The quantitative estimate of drug-likeness (QED) is 0.859. The van der Waals surface area contributed by atoms with Gasteiger partial charge < -0.3 is 5.11 Å². The van der Waals surface area contributed by atoms with Gasteiger partial charge in [-0.15, -0.1) is 0 Å². The fraction of sp³-hybridized carbons (Fsp3) is 0.333. The summed E-state index contributed by atoms with van der Waals surface area (Å²) in [4.78, 5) is 1.82. The van der Waals surface area contributed by atoms with Crippen molar-refractivity contribution in [2.75, 3.05) is 20.2 Å². The van der Waals surface area contributed by atoms with Gasteiger partial charge in [-0.1, -0.05) is 30.3 Å². The summed E-state index contributed by atoms with van der Waals surface area (Å²) in [6.45, 7) is 3.95. The molecule has 1 N–H and O–H groups in total. The Hall–Kier alpha value is -0.900. The molecule has 0 aliphatic carbocycles. The van der Waals surface area contributed by atoms with Crippen LogP contribution in [0.15, 0.2) is 35.9 Å². The Morgan fingerprint density at radius 2 is 2.31 bits per heavy atom. The first-order valence-electron chi connectivity index (χ1n) is 4.94. The van der Waals surface area contributed by atoms with Crippen LogP contribution in [0.3, 0.4) is 0 Å². The van der Waals surface area contributed by atoms with Crippen molar-refractivity contribution in [2.24, 2.45) is 0 Å². The highest BCUT2D eigenvalue weighted by Crippen LogP contribution is 2.20. The molecule has 0 aliphatic rings. The first-order valence-corrected chi connectivity index (χ1v) is 5.32. The monoisotopic (exact) mass is 243 g/mol. The maximum absolute atomic E-state index is 13.0. The molecule has 0 spiro atoms. The van der Waals surface area contributed by atoms with E-state index in [-0.39, 0.29) is 18.5 Å². The van der Waals surface area contributed by atoms with Crippen LogP contribution in [-0.2, 0) is 0 Å². The van der Waals surface area contributed by atoms with Gasteiger partial charge in [0.1, 0.15) is 5.82 Å². The minimum atomic E-state index is -0.311. The fourth-order valence-corrected chi connectivity index (χ4v) is 1.78. The smallest absolute Gasteiger partial charge is 0.123 e. The maximum Gasteiger partial charge on any atom is 0.123 e. The SMILES string of the molecule is C=C(Cl)CN(C)[C@H](CO)c1cccc(F)c1. The lowest BCUT2D eigenvalue weighted by molar-refractivity contribution is 0.158. The van der Waals surface area contributed by atoms with E-state index in [0.29, 0.717) is 11.6 Å². The topological polar surface area (TPSA) is 23.5 Å². The highest BCUT2D eigenvalue weighted by Gasteiger charge is 2.16. The molecule has 0 unspecified atom stereocenters. The first-order chi connectivity index (χ1) is 7.54. The minimum absolute atomic E-state index is 0.0931. The number of rotatable bonds is 5. The summed E-state index contributed by atoms with van der Waals surface area (Å²) in [6.07, 6.45) is 0. The molecule has 0 aliphatic heterocycles. The van der Waals surface area contributed by atoms with E-state index in [9.17, 15) is 9.50 Å². The van der Waals surface area contributed by atoms with Crippen molar-refractivity contribution in [3.05, 3.63) is 47.3 Å². The van der Waals surface area contributed by atoms with Crippen LogP contribution in [0.5, 0.6) is 0 Å². The van der Waals surface area contributed by atoms with E-state index in [4.69, 9.17) is 11.6 Å². The van der Waals surface area contributed by atoms with Gasteiger partial charge in [-0.3, -0.25) is 4.90 Å². The van der Waals surface area contributed by atoms with Crippen LogP contribution in [-0.4, -0.2) is 30.2 Å². The van der Waals surface area contributed by atoms with Gasteiger partial charge in [0.05, 0.1) is 12.6 Å². The molecule has 4 heteroatoms. The largest absolute Gasteiger partial charge is 0.394 e. The minimum Gasteiger partial charge on any atom is -0.394 e. The molecule has 0 bridgehead atoms. The van der Waals surface area contributed by atoms with Gasteiger partial charge in [0, 0.05) is 11.6 Å². The fourth-order valence-electron chi connectivity index (χ4n) is 1.59. The van der Waals surface area contributed by atoms with Crippen molar-refractivity contribution in [1.29, 1.82) is 0 Å². The molecule has 0 saturated carbocycles. The normalized spacial score (nSPS) is 12.8. The summed E-state index contributed by atoms with van der Waals surface area (Å²) in [5.41, 5.74) is 0.725. The number of aliphatic hydroxyl groups is 1. The molecule has 1 aromatic carbocycles. The Morgan fingerprint density at radius 3 is 2.81 bits per heavy atom. The molecule has 2 nitrogen and oxygen atoms in total. The van der Waals surface area contributed by atoms with Crippen molar-refractivity contribution in [3.8, 4) is 0 Å². The molecule has 0 radical (unpaired) electrons. The number of aliphatic hydroxyl groups excluding tert-OH is 1. The summed E-state index contributed by atoms with van der Waals surface area (Å²) in [5, 5.41) is 9.80. The van der Waals surface area contributed by atoms with Crippen LogP contribution in [0.1, 0.15) is 11.6 Å². The molecule has 0 aromatic heterocycles. The molecule has 0 saturated heterocycles. The summed E-state index contributed by atoms with van der Waals surface area (Å²) >= 11 is 5.70. The molecule has 1 aromatic rings. The molecule has 1 atom stereocenters. The second-order valence-corrected chi connectivity index (χ2v) is 4.22. The third kappa shape index (κ3) is 3.59. The number of hydrogen-bond donors (Lipinski definition) is 1. The van der Waals surface area contributed by atoms with Gasteiger partial charge in [-0.25, -0.2) is 4.39 Å². The van der Waals surface area contributed by atoms with E-state index in [2.05, 4.69) is 6.58 Å². The van der Waals surface area contributed by atoms with Crippen LogP contribution in [0.2, 0.25) is 0 Å². The number of nitrogens with zero attached hydrogens (tertiary/aromatic N) is 1. The van der Waals surface area contributed by atoms with Crippen molar-refractivity contribution in [3.63, 3.8) is 0 Å². The van der Waals surface area contributed by atoms with Crippen LogP contribution in [0.25, 0.3) is 0 Å². The zero-order valence-electron chi connectivity index (χ0n) is 9.16. The Morgan fingerprint density at radius 1 is 1.62 bits per heavy atom. The van der Waals surface area contributed by atoms with Crippen LogP contribution in [0.4, 0.5) is 4.39 Å². The number of likely N-dealkylation sites (N-methyl/N-ethyl adjacent to an activating group) is 1. The predicted molar refractivity (Wildman–Crippen MR) is 63.8 cm³/mol. The average molecular weight is 244 g/mol. The number of halogens is 2. The van der Waals surface area contributed by atoms with Gasteiger partial charge in [-0.2, -0.15) is 0 Å². The van der Waals surface area contributed by atoms with Gasteiger partial charge in [0.2, 0.25) is 0 Å². The predicted octanol–water partition coefficient (Wildman–Crippen LogP) is 2.54. The van der Waals surface area contributed by atoms with Gasteiger partial charge in [-0.05, 0) is 24.7 Å². The van der Waals surface area contributed by atoms with Crippen LogP contribution in [0, 0.1) is 5.82 Å². The Kier molecular flexibility index (Phi) is 4.93. The number of benzene rings is 1. The van der Waals surface area contributed by atoms with Crippen molar-refractivity contribution in [2.45, 2.75) is 6.04 Å². The highest BCUT2D eigenvalue weighted by atomic mass is 35.5. The van der Waals surface area contributed by atoms with Crippen molar-refractivity contribution in [1.82, 2.24) is 4.90 Å². The van der Waals surface area contributed by atoms with E-state index in [1.165, 1.54) is 12.1 Å². The molecular weight excluding hydrogens is 229 g/mol. The summed E-state index contributed by atoms with van der Waals surface area (Å²) in [5.74, 6) is -0.311. The van der Waals surface area contributed by atoms with Gasteiger partial charge in [0.15, 0.2) is 0 Å². The Labute approximate surface area is 100.0 Å². The van der Waals surface area contributed by atoms with Crippen LogP contribution >= 0.6 is 11.6 Å². The average Bonchev–Trinajstić information content (AvgIpc) is 2.17. The Bertz CT molecular complexity index is 370. The van der Waals surface area contributed by atoms with E-state index in [1.54, 1.807) is 19.2 Å². The van der Waals surface area contributed by atoms with E-state index >= 15 is 0 Å². The van der Waals surface area contributed by atoms with E-state index in [0.717, 1.165) is 5.56 Å². The molecule has 0 amide bonds. The Balaban J connectivity index is 2.85. The lowest BCUT2D eigenvalue weighted by atomic mass is 10.1. The molecule has 0 heterocycles. The van der Waals surface area contributed by atoms with E-state index in [1.807, 2.05) is 4.90 Å². The molecule has 0 fully saturated rings. The molecule has 1 rings (SSSR count). The molecule has 88 valence electrons. The zero-order valence-corrected chi connectivity index (χ0v) is 9.91. The summed E-state index contributed by atoms with van der Waals surface area (Å²) < 4.78 is 13.0. The third-order valence-corrected chi connectivity index (χ3v) is 2.48. The first kappa shape index (κ1) is 13.2.